The van der Waals surface area contributed by atoms with Gasteiger partial charge in [-0.1, -0.05) is 40.2 Å². The normalized spacial score (nSPS) is 14.9. The maximum Gasteiger partial charge on any atom is 0.122 e. The van der Waals surface area contributed by atoms with Crippen molar-refractivity contribution < 1.29 is 4.74 Å². The molecule has 0 bridgehead atoms. The Hall–Kier alpha value is -1.36. The van der Waals surface area contributed by atoms with Crippen molar-refractivity contribution in [2.75, 3.05) is 6.61 Å². The minimum Gasteiger partial charge on any atom is -0.493 e. The number of alkyl halides is 1. The van der Waals surface area contributed by atoms with Crippen molar-refractivity contribution in [2.45, 2.75) is 37.6 Å². The quantitative estimate of drug-likeness (QED) is 0.787. The van der Waals surface area contributed by atoms with E-state index in [0.29, 0.717) is 4.83 Å². The molecule has 1 atom stereocenters. The van der Waals surface area contributed by atoms with E-state index >= 15 is 0 Å². The maximum absolute atomic E-state index is 5.53. The first-order valence-electron chi connectivity index (χ1n) is 7.05. The first-order chi connectivity index (χ1) is 9.76. The first kappa shape index (κ1) is 13.6. The number of hydrogen-bond donors (Lipinski definition) is 0. The summed E-state index contributed by atoms with van der Waals surface area (Å²) in [6.45, 7) is 3.80. The molecule has 0 fully saturated rings. The summed E-state index contributed by atoms with van der Waals surface area (Å²) in [4.78, 5) is 0.299. The molecule has 0 N–H and O–H groups in total. The highest BCUT2D eigenvalue weighted by atomic mass is 79.9. The summed E-state index contributed by atoms with van der Waals surface area (Å²) in [5.41, 5.74) is 3.67. The van der Waals surface area contributed by atoms with Crippen molar-refractivity contribution >= 4 is 15.9 Å². The van der Waals surface area contributed by atoms with Gasteiger partial charge in [-0.25, -0.2) is 0 Å². The number of halogens is 1. The van der Waals surface area contributed by atoms with Gasteiger partial charge in [0.25, 0.3) is 0 Å². The fourth-order valence-electron chi connectivity index (χ4n) is 2.41. The molecular weight excluding hydrogens is 318 g/mol. The van der Waals surface area contributed by atoms with Crippen molar-refractivity contribution in [1.29, 1.82) is 0 Å². The summed E-state index contributed by atoms with van der Waals surface area (Å²) in [7, 11) is 0. The summed E-state index contributed by atoms with van der Waals surface area (Å²) in [5.74, 6) is 1.04. The van der Waals surface area contributed by atoms with E-state index < -0.39 is 0 Å². The fourth-order valence-corrected chi connectivity index (χ4v) is 2.62. The van der Waals surface area contributed by atoms with E-state index in [1.807, 2.05) is 10.9 Å². The van der Waals surface area contributed by atoms with E-state index in [1.54, 1.807) is 0 Å². The Labute approximate surface area is 127 Å². The zero-order valence-corrected chi connectivity index (χ0v) is 13.1. The Balaban J connectivity index is 1.63. The van der Waals surface area contributed by atoms with Crippen molar-refractivity contribution in [3.05, 3.63) is 41.2 Å². The standard InChI is InChI=1S/C15H18BrN3O/c1-2-13(16)14-10-19(18-17-14)7-5-11-3-4-15-12(9-11)6-8-20-15/h3-4,9-10,13H,2,5-8H2,1H3. The molecule has 0 saturated heterocycles. The van der Waals surface area contributed by atoms with Crippen LogP contribution in [-0.4, -0.2) is 21.6 Å². The van der Waals surface area contributed by atoms with Crippen LogP contribution in [0.15, 0.2) is 24.4 Å². The number of rotatable bonds is 5. The van der Waals surface area contributed by atoms with Crippen LogP contribution in [0.5, 0.6) is 5.75 Å². The van der Waals surface area contributed by atoms with E-state index in [4.69, 9.17) is 4.74 Å². The molecular formula is C15H18BrN3O. The second-order valence-electron chi connectivity index (χ2n) is 5.07. The molecule has 2 heterocycles. The van der Waals surface area contributed by atoms with Gasteiger partial charge >= 0.3 is 0 Å². The van der Waals surface area contributed by atoms with Gasteiger partial charge in [-0.15, -0.1) is 5.10 Å². The van der Waals surface area contributed by atoms with Crippen molar-refractivity contribution in [3.63, 3.8) is 0 Å². The molecule has 2 aromatic rings. The molecule has 0 radical (unpaired) electrons. The highest BCUT2D eigenvalue weighted by molar-refractivity contribution is 9.09. The van der Waals surface area contributed by atoms with Crippen LogP contribution in [0.2, 0.25) is 0 Å². The fraction of sp³-hybridized carbons (Fsp3) is 0.467. The van der Waals surface area contributed by atoms with Gasteiger partial charge in [0.1, 0.15) is 5.75 Å². The Bertz CT molecular complexity index is 597. The number of aromatic nitrogens is 3. The molecule has 0 spiro atoms. The van der Waals surface area contributed by atoms with Crippen molar-refractivity contribution in [3.8, 4) is 5.75 Å². The topological polar surface area (TPSA) is 39.9 Å². The zero-order valence-electron chi connectivity index (χ0n) is 11.6. The van der Waals surface area contributed by atoms with E-state index in [9.17, 15) is 0 Å². The van der Waals surface area contributed by atoms with Gasteiger partial charge in [-0.3, -0.25) is 4.68 Å². The van der Waals surface area contributed by atoms with Gasteiger partial charge < -0.3 is 4.74 Å². The predicted octanol–water partition coefficient (Wildman–Crippen LogP) is 3.30. The Morgan fingerprint density at radius 1 is 1.45 bits per heavy atom. The third-order valence-electron chi connectivity index (χ3n) is 3.62. The zero-order chi connectivity index (χ0) is 13.9. The lowest BCUT2D eigenvalue weighted by molar-refractivity contribution is 0.357. The molecule has 20 heavy (non-hydrogen) atoms. The third-order valence-corrected chi connectivity index (χ3v) is 4.74. The highest BCUT2D eigenvalue weighted by Crippen LogP contribution is 2.26. The average molecular weight is 336 g/mol. The maximum atomic E-state index is 5.53. The predicted molar refractivity (Wildman–Crippen MR) is 81.3 cm³/mol. The number of aryl methyl sites for hydroxylation is 2. The van der Waals surface area contributed by atoms with E-state index in [2.05, 4.69) is 51.4 Å². The summed E-state index contributed by atoms with van der Waals surface area (Å²) in [6.07, 6.45) is 5.04. The van der Waals surface area contributed by atoms with Gasteiger partial charge in [0.2, 0.25) is 0 Å². The van der Waals surface area contributed by atoms with Gasteiger partial charge in [0, 0.05) is 19.2 Å². The van der Waals surface area contributed by atoms with Crippen LogP contribution in [0.25, 0.3) is 0 Å². The molecule has 0 aliphatic carbocycles. The Morgan fingerprint density at radius 2 is 2.35 bits per heavy atom. The minimum atomic E-state index is 0.299. The second-order valence-corrected chi connectivity index (χ2v) is 6.18. The number of benzene rings is 1. The molecule has 1 aliphatic heterocycles. The third kappa shape index (κ3) is 2.87. The van der Waals surface area contributed by atoms with Gasteiger partial charge in [0.15, 0.2) is 0 Å². The summed E-state index contributed by atoms with van der Waals surface area (Å²) in [5, 5.41) is 8.39. The van der Waals surface area contributed by atoms with Crippen molar-refractivity contribution in [1.82, 2.24) is 15.0 Å². The van der Waals surface area contributed by atoms with Crippen LogP contribution in [0.3, 0.4) is 0 Å². The van der Waals surface area contributed by atoms with Gasteiger partial charge in [0.05, 0.1) is 17.1 Å². The van der Waals surface area contributed by atoms with Crippen molar-refractivity contribution in [2.24, 2.45) is 0 Å². The molecule has 3 rings (SSSR count). The Kier molecular flexibility index (Phi) is 4.05. The number of nitrogens with zero attached hydrogens (tertiary/aromatic N) is 3. The lowest BCUT2D eigenvalue weighted by Crippen LogP contribution is -2.02. The molecule has 0 saturated carbocycles. The molecule has 1 aliphatic rings. The molecule has 106 valence electrons. The lowest BCUT2D eigenvalue weighted by Gasteiger charge is -2.04. The summed E-state index contributed by atoms with van der Waals surface area (Å²) in [6, 6.07) is 6.47. The van der Waals surface area contributed by atoms with Crippen LogP contribution >= 0.6 is 15.9 Å². The van der Waals surface area contributed by atoms with Gasteiger partial charge in [-0.2, -0.15) is 0 Å². The summed E-state index contributed by atoms with van der Waals surface area (Å²) < 4.78 is 7.45. The largest absolute Gasteiger partial charge is 0.493 e. The molecule has 4 nitrogen and oxygen atoms in total. The number of hydrogen-bond acceptors (Lipinski definition) is 3. The van der Waals surface area contributed by atoms with E-state index in [-0.39, 0.29) is 0 Å². The first-order valence-corrected chi connectivity index (χ1v) is 7.96. The molecule has 1 unspecified atom stereocenters. The molecule has 1 aromatic carbocycles. The summed E-state index contributed by atoms with van der Waals surface area (Å²) >= 11 is 3.60. The lowest BCUT2D eigenvalue weighted by atomic mass is 10.1. The minimum absolute atomic E-state index is 0.299. The van der Waals surface area contributed by atoms with Crippen LogP contribution in [0, 0.1) is 0 Å². The van der Waals surface area contributed by atoms with Gasteiger partial charge in [-0.05, 0) is 30.0 Å². The molecule has 1 aromatic heterocycles. The van der Waals surface area contributed by atoms with Crippen LogP contribution < -0.4 is 4.74 Å². The SMILES string of the molecule is CCC(Br)c1cn(CCc2ccc3c(c2)CCO3)nn1. The Morgan fingerprint density at radius 3 is 3.20 bits per heavy atom. The number of ether oxygens (including phenoxy) is 1. The molecule has 0 amide bonds. The van der Waals surface area contributed by atoms with E-state index in [0.717, 1.165) is 43.9 Å². The van der Waals surface area contributed by atoms with Crippen LogP contribution in [-0.2, 0) is 19.4 Å². The smallest absolute Gasteiger partial charge is 0.122 e. The van der Waals surface area contributed by atoms with E-state index in [1.165, 1.54) is 11.1 Å². The van der Waals surface area contributed by atoms with Crippen LogP contribution in [0.4, 0.5) is 0 Å². The number of fused-ring (bicyclic) bond motifs is 1. The average Bonchev–Trinajstić information content (AvgIpc) is 3.12. The monoisotopic (exact) mass is 335 g/mol. The highest BCUT2D eigenvalue weighted by Gasteiger charge is 2.12. The molecule has 5 heteroatoms. The second kappa shape index (κ2) is 5.95. The van der Waals surface area contributed by atoms with Crippen LogP contribution in [0.1, 0.15) is 35.0 Å².